The average Bonchev–Trinajstić information content (AvgIpc) is 3.01. The minimum Gasteiger partial charge on any atom is -0.497 e. The van der Waals surface area contributed by atoms with E-state index in [0.29, 0.717) is 11.4 Å². The number of methoxy groups -OCH3 is 1. The number of hydrogen-bond acceptors (Lipinski definition) is 5. The van der Waals surface area contributed by atoms with E-state index in [-0.39, 0.29) is 30.3 Å². The van der Waals surface area contributed by atoms with Gasteiger partial charge in [0.2, 0.25) is 21.8 Å². The Hall–Kier alpha value is -3.85. The van der Waals surface area contributed by atoms with E-state index in [1.807, 2.05) is 66.7 Å². The summed E-state index contributed by atoms with van der Waals surface area (Å²) in [7, 11) is -2.26. The topological polar surface area (TPSA) is 96.0 Å². The van der Waals surface area contributed by atoms with Crippen molar-refractivity contribution in [2.45, 2.75) is 83.3 Å². The van der Waals surface area contributed by atoms with Gasteiger partial charge in [0.15, 0.2) is 0 Å². The summed E-state index contributed by atoms with van der Waals surface area (Å²) in [6.07, 6.45) is 6.45. The third-order valence-electron chi connectivity index (χ3n) is 8.41. The van der Waals surface area contributed by atoms with Gasteiger partial charge >= 0.3 is 0 Å². The lowest BCUT2D eigenvalue weighted by atomic mass is 9.87. The molecule has 0 spiro atoms. The first-order valence-electron chi connectivity index (χ1n) is 15.7. The van der Waals surface area contributed by atoms with Gasteiger partial charge in [-0.1, -0.05) is 94.6 Å². The van der Waals surface area contributed by atoms with Gasteiger partial charge in [0.25, 0.3) is 0 Å². The Morgan fingerprint density at radius 2 is 1.56 bits per heavy atom. The van der Waals surface area contributed by atoms with Gasteiger partial charge in [-0.05, 0) is 59.2 Å². The number of carbonyl (C=O) groups is 2. The largest absolute Gasteiger partial charge is 0.497 e. The molecule has 0 radical (unpaired) electrons. The Labute approximate surface area is 268 Å². The molecule has 3 aromatic carbocycles. The number of sulfonamides is 1. The fourth-order valence-electron chi connectivity index (χ4n) is 5.81. The van der Waals surface area contributed by atoms with Crippen LogP contribution in [0.4, 0.5) is 5.69 Å². The molecule has 0 saturated heterocycles. The number of amides is 2. The molecule has 0 aromatic heterocycles. The van der Waals surface area contributed by atoms with Crippen molar-refractivity contribution >= 4 is 27.5 Å². The zero-order chi connectivity index (χ0) is 32.6. The fourth-order valence-corrected chi connectivity index (χ4v) is 6.66. The number of rotatable bonds is 12. The average molecular weight is 634 g/mol. The Bertz CT molecular complexity index is 1530. The van der Waals surface area contributed by atoms with E-state index in [9.17, 15) is 18.0 Å². The Balaban J connectivity index is 1.73. The molecule has 0 unspecified atom stereocenters. The number of carbonyl (C=O) groups excluding carboxylic acids is 2. The second-order valence-corrected chi connectivity index (χ2v) is 14.9. The first kappa shape index (κ1) is 34.0. The predicted octanol–water partition coefficient (Wildman–Crippen LogP) is 5.85. The third kappa shape index (κ3) is 9.57. The van der Waals surface area contributed by atoms with Crippen molar-refractivity contribution in [3.05, 3.63) is 95.6 Å². The van der Waals surface area contributed by atoms with Gasteiger partial charge in [0.05, 0.1) is 19.1 Å². The molecule has 1 aliphatic rings. The van der Waals surface area contributed by atoms with Gasteiger partial charge in [-0.15, -0.1) is 0 Å². The molecule has 1 aliphatic carbocycles. The van der Waals surface area contributed by atoms with E-state index in [2.05, 4.69) is 26.1 Å². The molecule has 1 fully saturated rings. The summed E-state index contributed by atoms with van der Waals surface area (Å²) >= 11 is 0. The SMILES string of the molecule is COc1cccc(CN(C(=O)CN(c2ccc(C(C)(C)C)cc2)S(C)(=O)=O)[C@H](Cc2ccccc2)C(=O)NC2CCCCC2)c1. The first-order valence-corrected chi connectivity index (χ1v) is 17.5. The number of ether oxygens (including phenoxy) is 1. The van der Waals surface area contributed by atoms with Crippen LogP contribution in [0, 0.1) is 0 Å². The quantitative estimate of drug-likeness (QED) is 0.270. The van der Waals surface area contributed by atoms with Crippen molar-refractivity contribution in [1.29, 1.82) is 0 Å². The van der Waals surface area contributed by atoms with E-state index >= 15 is 0 Å². The van der Waals surface area contributed by atoms with Crippen LogP contribution in [0.5, 0.6) is 5.75 Å². The van der Waals surface area contributed by atoms with Crippen LogP contribution in [0.25, 0.3) is 0 Å². The lowest BCUT2D eigenvalue weighted by Gasteiger charge is -2.35. The smallest absolute Gasteiger partial charge is 0.244 e. The van der Waals surface area contributed by atoms with Crippen molar-refractivity contribution in [1.82, 2.24) is 10.2 Å². The summed E-state index contributed by atoms with van der Waals surface area (Å²) in [5.41, 5.74) is 3.00. The summed E-state index contributed by atoms with van der Waals surface area (Å²) < 4.78 is 32.8. The van der Waals surface area contributed by atoms with Crippen molar-refractivity contribution in [3.8, 4) is 5.75 Å². The summed E-state index contributed by atoms with van der Waals surface area (Å²) in [6, 6.07) is 23.4. The number of benzene rings is 3. The monoisotopic (exact) mass is 633 g/mol. The van der Waals surface area contributed by atoms with Gasteiger partial charge in [-0.25, -0.2) is 8.42 Å². The van der Waals surface area contributed by atoms with E-state index in [0.717, 1.165) is 59.4 Å². The molecule has 1 atom stereocenters. The van der Waals surface area contributed by atoms with Crippen molar-refractivity contribution in [2.75, 3.05) is 24.2 Å². The van der Waals surface area contributed by atoms with Crippen LogP contribution in [-0.2, 0) is 38.0 Å². The molecule has 242 valence electrons. The first-order chi connectivity index (χ1) is 21.3. The van der Waals surface area contributed by atoms with Crippen molar-refractivity contribution in [2.24, 2.45) is 0 Å². The van der Waals surface area contributed by atoms with Crippen LogP contribution in [0.2, 0.25) is 0 Å². The van der Waals surface area contributed by atoms with Gasteiger partial charge in [0, 0.05) is 19.0 Å². The summed E-state index contributed by atoms with van der Waals surface area (Å²) in [6.45, 7) is 5.91. The van der Waals surface area contributed by atoms with Crippen LogP contribution >= 0.6 is 0 Å². The number of nitrogens with zero attached hydrogens (tertiary/aromatic N) is 2. The molecule has 9 heteroatoms. The highest BCUT2D eigenvalue weighted by atomic mass is 32.2. The van der Waals surface area contributed by atoms with Crippen molar-refractivity contribution in [3.63, 3.8) is 0 Å². The molecule has 8 nitrogen and oxygen atoms in total. The second kappa shape index (κ2) is 15.0. The molecule has 4 rings (SSSR count). The summed E-state index contributed by atoms with van der Waals surface area (Å²) in [5, 5.41) is 3.23. The van der Waals surface area contributed by atoms with E-state index in [4.69, 9.17) is 4.74 Å². The zero-order valence-corrected chi connectivity index (χ0v) is 28.0. The summed E-state index contributed by atoms with van der Waals surface area (Å²) in [5.74, 6) is -0.0758. The zero-order valence-electron chi connectivity index (χ0n) is 27.2. The summed E-state index contributed by atoms with van der Waals surface area (Å²) in [4.78, 5) is 30.0. The molecule has 0 heterocycles. The molecule has 2 amide bonds. The highest BCUT2D eigenvalue weighted by Gasteiger charge is 2.34. The van der Waals surface area contributed by atoms with Gasteiger partial charge < -0.3 is 15.0 Å². The molecule has 3 aromatic rings. The van der Waals surface area contributed by atoms with Crippen LogP contribution < -0.4 is 14.4 Å². The van der Waals surface area contributed by atoms with Crippen LogP contribution in [0.15, 0.2) is 78.9 Å². The number of anilines is 1. The molecular weight excluding hydrogens is 586 g/mol. The van der Waals surface area contributed by atoms with Gasteiger partial charge in [-0.3, -0.25) is 13.9 Å². The molecule has 0 aliphatic heterocycles. The normalized spacial score (nSPS) is 14.8. The second-order valence-electron chi connectivity index (χ2n) is 13.0. The molecular formula is C36H47N3O5S. The molecule has 0 bridgehead atoms. The lowest BCUT2D eigenvalue weighted by molar-refractivity contribution is -0.140. The maximum absolute atomic E-state index is 14.4. The van der Waals surface area contributed by atoms with Gasteiger partial charge in [-0.2, -0.15) is 0 Å². The van der Waals surface area contributed by atoms with Crippen LogP contribution in [-0.4, -0.2) is 57.1 Å². The lowest BCUT2D eigenvalue weighted by Crippen LogP contribution is -2.55. The Kier molecular flexibility index (Phi) is 11.3. The maximum Gasteiger partial charge on any atom is 0.244 e. The fraction of sp³-hybridized carbons (Fsp3) is 0.444. The molecule has 1 N–H and O–H groups in total. The van der Waals surface area contributed by atoms with E-state index in [1.54, 1.807) is 19.2 Å². The highest BCUT2D eigenvalue weighted by molar-refractivity contribution is 7.92. The number of hydrogen-bond donors (Lipinski definition) is 1. The molecule has 1 saturated carbocycles. The minimum absolute atomic E-state index is 0.0483. The standard InChI is InChI=1S/C36H47N3O5S/c1-36(2,3)29-19-21-31(22-20-29)39(45(5,42)43)26-34(40)38(25-28-15-12-18-32(23-28)44-4)33(24-27-13-8-6-9-14-27)35(41)37-30-16-10-7-11-17-30/h6,8-9,12-15,18-23,30,33H,7,10-11,16-17,24-26H2,1-5H3,(H,37,41)/t33-/m1/s1. The Morgan fingerprint density at radius 3 is 2.16 bits per heavy atom. The predicted molar refractivity (Wildman–Crippen MR) is 180 cm³/mol. The van der Waals surface area contributed by atoms with E-state index in [1.165, 1.54) is 4.90 Å². The van der Waals surface area contributed by atoms with Crippen LogP contribution in [0.3, 0.4) is 0 Å². The van der Waals surface area contributed by atoms with Crippen molar-refractivity contribution < 1.29 is 22.7 Å². The highest BCUT2D eigenvalue weighted by Crippen LogP contribution is 2.27. The molecule has 45 heavy (non-hydrogen) atoms. The Morgan fingerprint density at radius 1 is 0.911 bits per heavy atom. The van der Waals surface area contributed by atoms with Crippen LogP contribution in [0.1, 0.15) is 69.6 Å². The van der Waals surface area contributed by atoms with E-state index < -0.39 is 28.5 Å². The van der Waals surface area contributed by atoms with Gasteiger partial charge in [0.1, 0.15) is 18.3 Å². The maximum atomic E-state index is 14.4. The third-order valence-corrected chi connectivity index (χ3v) is 9.55. The minimum atomic E-state index is -3.84. The number of nitrogens with one attached hydrogen (secondary N) is 1.